The predicted molar refractivity (Wildman–Crippen MR) is 63.6 cm³/mol. The normalized spacial score (nSPS) is 19.2. The first kappa shape index (κ1) is 12.4. The molecule has 1 aliphatic rings. The Morgan fingerprint density at radius 3 is 2.82 bits per heavy atom. The molecule has 0 spiro atoms. The summed E-state index contributed by atoms with van der Waals surface area (Å²) in [5.74, 6) is 0.850. The molecular formula is C12H19N3O2. The van der Waals surface area contributed by atoms with Crippen LogP contribution < -0.4 is 5.73 Å². The molecule has 1 aromatic heterocycles. The topological polar surface area (TPSA) is 81.3 Å². The Bertz CT molecular complexity index is 378. The van der Waals surface area contributed by atoms with E-state index in [9.17, 15) is 5.11 Å². The zero-order chi connectivity index (χ0) is 12.3. The molecule has 17 heavy (non-hydrogen) atoms. The van der Waals surface area contributed by atoms with E-state index in [0.717, 1.165) is 37.4 Å². The Kier molecular flexibility index (Phi) is 4.04. The number of ether oxygens (including phenoxy) is 1. The van der Waals surface area contributed by atoms with Crippen LogP contribution in [0.15, 0.2) is 6.07 Å². The number of nitrogens with two attached hydrogens (primary N) is 1. The minimum Gasteiger partial charge on any atom is -0.384 e. The second kappa shape index (κ2) is 5.53. The number of nitrogens with zero attached hydrogens (tertiary/aromatic N) is 2. The number of aromatic nitrogens is 2. The first-order valence-electron chi connectivity index (χ1n) is 6.02. The molecule has 5 nitrogen and oxygen atoms in total. The van der Waals surface area contributed by atoms with Crippen molar-refractivity contribution in [1.29, 1.82) is 0 Å². The van der Waals surface area contributed by atoms with Gasteiger partial charge in [0.25, 0.3) is 0 Å². The van der Waals surface area contributed by atoms with Crippen molar-refractivity contribution in [2.24, 2.45) is 5.73 Å². The molecule has 1 aromatic rings. The lowest BCUT2D eigenvalue weighted by Gasteiger charge is -2.22. The van der Waals surface area contributed by atoms with E-state index >= 15 is 0 Å². The highest BCUT2D eigenvalue weighted by molar-refractivity contribution is 5.16. The van der Waals surface area contributed by atoms with E-state index in [-0.39, 0.29) is 6.54 Å². The van der Waals surface area contributed by atoms with E-state index in [1.807, 2.05) is 13.0 Å². The predicted octanol–water partition coefficient (Wildman–Crippen LogP) is 0.671. The fourth-order valence-corrected chi connectivity index (χ4v) is 2.07. The van der Waals surface area contributed by atoms with Crippen LogP contribution in [0.1, 0.15) is 42.1 Å². The van der Waals surface area contributed by atoms with Gasteiger partial charge in [0.05, 0.1) is 0 Å². The summed E-state index contributed by atoms with van der Waals surface area (Å²) < 4.78 is 5.34. The highest BCUT2D eigenvalue weighted by Gasteiger charge is 2.19. The Labute approximate surface area is 101 Å². The number of aliphatic hydroxyl groups excluding tert-OH is 1. The number of hydrogen-bond acceptors (Lipinski definition) is 5. The van der Waals surface area contributed by atoms with Gasteiger partial charge in [0.2, 0.25) is 0 Å². The van der Waals surface area contributed by atoms with Gasteiger partial charge >= 0.3 is 0 Å². The van der Waals surface area contributed by atoms with Crippen molar-refractivity contribution in [3.8, 4) is 0 Å². The largest absolute Gasteiger partial charge is 0.384 e. The van der Waals surface area contributed by atoms with Gasteiger partial charge in [0.1, 0.15) is 6.10 Å². The molecule has 1 unspecified atom stereocenters. The fraction of sp³-hybridized carbons (Fsp3) is 0.667. The number of aryl methyl sites for hydroxylation is 1. The maximum absolute atomic E-state index is 9.70. The summed E-state index contributed by atoms with van der Waals surface area (Å²) in [5.41, 5.74) is 7.31. The van der Waals surface area contributed by atoms with Crippen molar-refractivity contribution in [2.75, 3.05) is 19.8 Å². The van der Waals surface area contributed by atoms with Gasteiger partial charge in [-0.2, -0.15) is 0 Å². The van der Waals surface area contributed by atoms with Crippen molar-refractivity contribution in [2.45, 2.75) is 31.8 Å². The van der Waals surface area contributed by atoms with Gasteiger partial charge < -0.3 is 15.6 Å². The first-order chi connectivity index (χ1) is 8.20. The van der Waals surface area contributed by atoms with E-state index in [1.165, 1.54) is 0 Å². The molecule has 1 aliphatic heterocycles. The second-order valence-electron chi connectivity index (χ2n) is 4.43. The Morgan fingerprint density at radius 2 is 2.18 bits per heavy atom. The number of rotatable bonds is 3. The molecule has 3 N–H and O–H groups in total. The lowest BCUT2D eigenvalue weighted by Crippen LogP contribution is -2.19. The van der Waals surface area contributed by atoms with Crippen LogP contribution in [0, 0.1) is 6.92 Å². The monoisotopic (exact) mass is 237 g/mol. The van der Waals surface area contributed by atoms with Crippen molar-refractivity contribution in [1.82, 2.24) is 9.97 Å². The molecule has 0 radical (unpaired) electrons. The van der Waals surface area contributed by atoms with Crippen LogP contribution >= 0.6 is 0 Å². The SMILES string of the molecule is Cc1cc(C2CCOCC2)nc(C(O)CN)n1. The summed E-state index contributed by atoms with van der Waals surface area (Å²) in [7, 11) is 0. The van der Waals surface area contributed by atoms with Crippen molar-refractivity contribution < 1.29 is 9.84 Å². The Balaban J connectivity index is 2.24. The molecule has 1 saturated heterocycles. The van der Waals surface area contributed by atoms with Gasteiger partial charge in [-0.15, -0.1) is 0 Å². The summed E-state index contributed by atoms with van der Waals surface area (Å²) in [4.78, 5) is 8.66. The van der Waals surface area contributed by atoms with Crippen LogP contribution in [-0.4, -0.2) is 34.8 Å². The lowest BCUT2D eigenvalue weighted by atomic mass is 9.96. The molecule has 0 aliphatic carbocycles. The third kappa shape index (κ3) is 3.00. The quantitative estimate of drug-likeness (QED) is 0.807. The molecule has 0 amide bonds. The standard InChI is InChI=1S/C12H19N3O2/c1-8-6-10(9-2-4-17-5-3-9)15-12(14-8)11(16)7-13/h6,9,11,16H,2-5,7,13H2,1H3. The van der Waals surface area contributed by atoms with Gasteiger partial charge in [-0.3, -0.25) is 0 Å². The summed E-state index contributed by atoms with van der Waals surface area (Å²) in [6.07, 6.45) is 1.19. The van der Waals surface area contributed by atoms with Gasteiger partial charge in [0.15, 0.2) is 5.82 Å². The zero-order valence-electron chi connectivity index (χ0n) is 10.1. The third-order valence-electron chi connectivity index (χ3n) is 3.05. The summed E-state index contributed by atoms with van der Waals surface area (Å²) >= 11 is 0. The molecule has 2 heterocycles. The van der Waals surface area contributed by atoms with Gasteiger partial charge in [-0.05, 0) is 25.8 Å². The third-order valence-corrected chi connectivity index (χ3v) is 3.05. The maximum atomic E-state index is 9.70. The highest BCUT2D eigenvalue weighted by Crippen LogP contribution is 2.26. The summed E-state index contributed by atoms with van der Waals surface area (Å²) in [6.45, 7) is 3.62. The van der Waals surface area contributed by atoms with E-state index in [0.29, 0.717) is 11.7 Å². The summed E-state index contributed by atoms with van der Waals surface area (Å²) in [5, 5.41) is 9.70. The smallest absolute Gasteiger partial charge is 0.158 e. The van der Waals surface area contributed by atoms with Crippen molar-refractivity contribution in [3.05, 3.63) is 23.3 Å². The van der Waals surface area contributed by atoms with E-state index < -0.39 is 6.10 Å². The molecule has 1 fully saturated rings. The van der Waals surface area contributed by atoms with Crippen molar-refractivity contribution in [3.63, 3.8) is 0 Å². The summed E-state index contributed by atoms with van der Waals surface area (Å²) in [6, 6.07) is 1.99. The zero-order valence-corrected chi connectivity index (χ0v) is 10.1. The van der Waals surface area contributed by atoms with E-state index in [4.69, 9.17) is 10.5 Å². The average Bonchev–Trinajstić information content (AvgIpc) is 2.38. The number of hydrogen-bond donors (Lipinski definition) is 2. The van der Waals surface area contributed by atoms with Crippen LogP contribution in [0.5, 0.6) is 0 Å². The van der Waals surface area contributed by atoms with Gasteiger partial charge in [-0.1, -0.05) is 0 Å². The highest BCUT2D eigenvalue weighted by atomic mass is 16.5. The van der Waals surface area contributed by atoms with Crippen LogP contribution in [0.3, 0.4) is 0 Å². The molecule has 2 rings (SSSR count). The molecule has 94 valence electrons. The second-order valence-corrected chi connectivity index (χ2v) is 4.43. The van der Waals surface area contributed by atoms with E-state index in [2.05, 4.69) is 9.97 Å². The minimum absolute atomic E-state index is 0.149. The van der Waals surface area contributed by atoms with E-state index in [1.54, 1.807) is 0 Å². The molecule has 5 heteroatoms. The van der Waals surface area contributed by atoms with Gasteiger partial charge in [-0.25, -0.2) is 9.97 Å². The van der Waals surface area contributed by atoms with Gasteiger partial charge in [0, 0.05) is 37.1 Å². The molecule has 0 bridgehead atoms. The number of aliphatic hydroxyl groups is 1. The van der Waals surface area contributed by atoms with Crippen LogP contribution in [-0.2, 0) is 4.74 Å². The van der Waals surface area contributed by atoms with Crippen LogP contribution in [0.25, 0.3) is 0 Å². The maximum Gasteiger partial charge on any atom is 0.158 e. The molecule has 1 atom stereocenters. The minimum atomic E-state index is -0.770. The van der Waals surface area contributed by atoms with Crippen LogP contribution in [0.4, 0.5) is 0 Å². The first-order valence-corrected chi connectivity index (χ1v) is 6.02. The average molecular weight is 237 g/mol. The van der Waals surface area contributed by atoms with Crippen molar-refractivity contribution >= 4 is 0 Å². The Hall–Kier alpha value is -1.04. The Morgan fingerprint density at radius 1 is 1.47 bits per heavy atom. The fourth-order valence-electron chi connectivity index (χ4n) is 2.07. The molecule has 0 saturated carbocycles. The molecule has 0 aromatic carbocycles. The lowest BCUT2D eigenvalue weighted by molar-refractivity contribution is 0.0842. The van der Waals surface area contributed by atoms with Crippen LogP contribution in [0.2, 0.25) is 0 Å². The molecular weight excluding hydrogens is 218 g/mol.